The van der Waals surface area contributed by atoms with E-state index in [2.05, 4.69) is 22.0 Å². The minimum absolute atomic E-state index is 0.0731. The molecule has 0 spiro atoms. The lowest BCUT2D eigenvalue weighted by Crippen LogP contribution is -2.35. The van der Waals surface area contributed by atoms with Crippen LogP contribution in [0.3, 0.4) is 0 Å². The summed E-state index contributed by atoms with van der Waals surface area (Å²) in [5.41, 5.74) is 1.93. The van der Waals surface area contributed by atoms with Crippen molar-refractivity contribution in [1.29, 1.82) is 0 Å². The van der Waals surface area contributed by atoms with E-state index in [1.54, 1.807) is 6.20 Å². The van der Waals surface area contributed by atoms with E-state index in [4.69, 9.17) is 16.3 Å². The second-order valence-corrected chi connectivity index (χ2v) is 8.25. The molecule has 31 heavy (non-hydrogen) atoms. The second kappa shape index (κ2) is 9.98. The van der Waals surface area contributed by atoms with Gasteiger partial charge in [-0.3, -0.25) is 9.69 Å². The standard InChI is InChI=1S/C24H27ClN4O2/c1-27-14-11-26-23(27)18-31-22-9-5-20(6-10-22)24(30)29-13-2-12-28(15-16-29)17-19-3-7-21(25)8-4-19/h3-11,14H,2,12-13,15-18H2,1H3. The number of halogens is 1. The van der Waals surface area contributed by atoms with Crippen molar-refractivity contribution in [3.8, 4) is 5.75 Å². The van der Waals surface area contributed by atoms with Gasteiger partial charge < -0.3 is 14.2 Å². The lowest BCUT2D eigenvalue weighted by Gasteiger charge is -2.22. The molecule has 1 amide bonds. The molecular formula is C24H27ClN4O2. The molecule has 1 aliphatic rings. The number of benzene rings is 2. The van der Waals surface area contributed by atoms with Crippen LogP contribution in [0.1, 0.15) is 28.2 Å². The molecular weight excluding hydrogens is 412 g/mol. The Kier molecular flexibility index (Phi) is 6.89. The largest absolute Gasteiger partial charge is 0.486 e. The zero-order valence-electron chi connectivity index (χ0n) is 17.7. The maximum absolute atomic E-state index is 13.0. The Balaban J connectivity index is 1.30. The van der Waals surface area contributed by atoms with E-state index < -0.39 is 0 Å². The number of hydrogen-bond acceptors (Lipinski definition) is 4. The van der Waals surface area contributed by atoms with Crippen molar-refractivity contribution in [2.75, 3.05) is 26.2 Å². The van der Waals surface area contributed by atoms with E-state index in [-0.39, 0.29) is 5.91 Å². The molecule has 1 aromatic heterocycles. The Hall–Kier alpha value is -2.83. The van der Waals surface area contributed by atoms with Crippen molar-refractivity contribution in [2.45, 2.75) is 19.6 Å². The SMILES string of the molecule is Cn1ccnc1COc1ccc(C(=O)N2CCCN(Cc3ccc(Cl)cc3)CC2)cc1. The normalized spacial score (nSPS) is 15.0. The first-order chi connectivity index (χ1) is 15.1. The minimum atomic E-state index is 0.0731. The molecule has 1 aliphatic heterocycles. The van der Waals surface area contributed by atoms with Gasteiger partial charge in [0.05, 0.1) is 0 Å². The van der Waals surface area contributed by atoms with E-state index >= 15 is 0 Å². The Labute approximate surface area is 188 Å². The van der Waals surface area contributed by atoms with Crippen LogP contribution >= 0.6 is 11.6 Å². The summed E-state index contributed by atoms with van der Waals surface area (Å²) in [7, 11) is 1.94. The van der Waals surface area contributed by atoms with Crippen LogP contribution in [-0.4, -0.2) is 51.4 Å². The maximum atomic E-state index is 13.0. The van der Waals surface area contributed by atoms with Gasteiger partial charge in [-0.25, -0.2) is 4.98 Å². The highest BCUT2D eigenvalue weighted by molar-refractivity contribution is 6.30. The van der Waals surface area contributed by atoms with Gasteiger partial charge in [-0.2, -0.15) is 0 Å². The van der Waals surface area contributed by atoms with Crippen molar-refractivity contribution in [2.24, 2.45) is 7.05 Å². The summed E-state index contributed by atoms with van der Waals surface area (Å²) in [6.07, 6.45) is 4.60. The van der Waals surface area contributed by atoms with Gasteiger partial charge in [0, 0.05) is 62.8 Å². The minimum Gasteiger partial charge on any atom is -0.486 e. The predicted molar refractivity (Wildman–Crippen MR) is 121 cm³/mol. The Bertz CT molecular complexity index is 1000. The number of ether oxygens (including phenoxy) is 1. The molecule has 162 valence electrons. The molecule has 0 unspecified atom stereocenters. The van der Waals surface area contributed by atoms with Crippen LogP contribution in [0.5, 0.6) is 5.75 Å². The molecule has 7 heteroatoms. The van der Waals surface area contributed by atoms with Crippen molar-refractivity contribution in [3.05, 3.63) is 82.9 Å². The van der Waals surface area contributed by atoms with Gasteiger partial charge in [-0.15, -0.1) is 0 Å². The first kappa shape index (κ1) is 21.4. The smallest absolute Gasteiger partial charge is 0.253 e. The van der Waals surface area contributed by atoms with Crippen LogP contribution < -0.4 is 4.74 Å². The molecule has 3 aromatic rings. The lowest BCUT2D eigenvalue weighted by atomic mass is 10.2. The summed E-state index contributed by atoms with van der Waals surface area (Å²) >= 11 is 5.98. The third-order valence-electron chi connectivity index (χ3n) is 5.59. The fourth-order valence-electron chi connectivity index (χ4n) is 3.74. The summed E-state index contributed by atoms with van der Waals surface area (Å²) in [6, 6.07) is 15.4. The first-order valence-corrected chi connectivity index (χ1v) is 10.9. The first-order valence-electron chi connectivity index (χ1n) is 10.5. The molecule has 0 aliphatic carbocycles. The van der Waals surface area contributed by atoms with Crippen molar-refractivity contribution < 1.29 is 9.53 Å². The van der Waals surface area contributed by atoms with E-state index in [0.717, 1.165) is 55.7 Å². The van der Waals surface area contributed by atoms with Crippen molar-refractivity contribution >= 4 is 17.5 Å². The van der Waals surface area contributed by atoms with Crippen LogP contribution in [-0.2, 0) is 20.2 Å². The van der Waals surface area contributed by atoms with Crippen LogP contribution in [0.4, 0.5) is 0 Å². The highest BCUT2D eigenvalue weighted by atomic mass is 35.5. The second-order valence-electron chi connectivity index (χ2n) is 7.82. The van der Waals surface area contributed by atoms with E-state index in [1.165, 1.54) is 5.56 Å². The summed E-state index contributed by atoms with van der Waals surface area (Å²) in [6.45, 7) is 4.61. The van der Waals surface area contributed by atoms with Crippen LogP contribution in [0, 0.1) is 0 Å². The van der Waals surface area contributed by atoms with Gasteiger partial charge >= 0.3 is 0 Å². The molecule has 4 rings (SSSR count). The third kappa shape index (κ3) is 5.66. The number of nitrogens with zero attached hydrogens (tertiary/aromatic N) is 4. The van der Waals surface area contributed by atoms with Crippen LogP contribution in [0.15, 0.2) is 60.9 Å². The van der Waals surface area contributed by atoms with Gasteiger partial charge in [-0.05, 0) is 48.4 Å². The molecule has 0 radical (unpaired) electrons. The summed E-state index contributed by atoms with van der Waals surface area (Å²) in [5, 5.41) is 0.754. The van der Waals surface area contributed by atoms with Gasteiger partial charge in [0.25, 0.3) is 5.91 Å². The summed E-state index contributed by atoms with van der Waals surface area (Å²) in [5.74, 6) is 1.65. The highest BCUT2D eigenvalue weighted by Crippen LogP contribution is 2.17. The zero-order chi connectivity index (χ0) is 21.6. The van der Waals surface area contributed by atoms with Crippen LogP contribution in [0.25, 0.3) is 0 Å². The van der Waals surface area contributed by atoms with Crippen molar-refractivity contribution in [3.63, 3.8) is 0 Å². The Morgan fingerprint density at radius 3 is 2.52 bits per heavy atom. The number of imidazole rings is 1. The molecule has 1 fully saturated rings. The number of carbonyl (C=O) groups excluding carboxylic acids is 1. The quantitative estimate of drug-likeness (QED) is 0.583. The Morgan fingerprint density at radius 2 is 1.81 bits per heavy atom. The number of hydrogen-bond donors (Lipinski definition) is 0. The lowest BCUT2D eigenvalue weighted by molar-refractivity contribution is 0.0761. The molecule has 6 nitrogen and oxygen atoms in total. The average Bonchev–Trinajstić information content (AvgIpc) is 3.05. The fraction of sp³-hybridized carbons (Fsp3) is 0.333. The van der Waals surface area contributed by atoms with Gasteiger partial charge in [0.2, 0.25) is 0 Å². The number of carbonyl (C=O) groups is 1. The van der Waals surface area contributed by atoms with E-state index in [9.17, 15) is 4.79 Å². The molecule has 0 saturated carbocycles. The average molecular weight is 439 g/mol. The number of aryl methyl sites for hydroxylation is 1. The molecule has 0 N–H and O–H groups in total. The Morgan fingerprint density at radius 1 is 1.03 bits per heavy atom. The fourth-order valence-corrected chi connectivity index (χ4v) is 3.87. The molecule has 0 atom stereocenters. The molecule has 2 aromatic carbocycles. The summed E-state index contributed by atoms with van der Waals surface area (Å²) in [4.78, 5) is 21.6. The van der Waals surface area contributed by atoms with E-state index in [1.807, 2.05) is 59.1 Å². The summed E-state index contributed by atoms with van der Waals surface area (Å²) < 4.78 is 7.71. The zero-order valence-corrected chi connectivity index (χ0v) is 18.5. The van der Waals surface area contributed by atoms with Gasteiger partial charge in [0.15, 0.2) is 0 Å². The molecule has 2 heterocycles. The number of amides is 1. The number of rotatable bonds is 6. The van der Waals surface area contributed by atoms with Gasteiger partial charge in [0.1, 0.15) is 18.2 Å². The van der Waals surface area contributed by atoms with Gasteiger partial charge in [-0.1, -0.05) is 23.7 Å². The van der Waals surface area contributed by atoms with Crippen LogP contribution in [0.2, 0.25) is 5.02 Å². The number of aromatic nitrogens is 2. The molecule has 0 bridgehead atoms. The van der Waals surface area contributed by atoms with Crippen molar-refractivity contribution in [1.82, 2.24) is 19.4 Å². The molecule has 1 saturated heterocycles. The predicted octanol–water partition coefficient (Wildman–Crippen LogP) is 4.00. The monoisotopic (exact) mass is 438 g/mol. The topological polar surface area (TPSA) is 50.6 Å². The maximum Gasteiger partial charge on any atom is 0.253 e. The highest BCUT2D eigenvalue weighted by Gasteiger charge is 2.20. The van der Waals surface area contributed by atoms with E-state index in [0.29, 0.717) is 12.2 Å². The third-order valence-corrected chi connectivity index (χ3v) is 5.84.